The average Bonchev–Trinajstić information content (AvgIpc) is 2.43. The van der Waals surface area contributed by atoms with Gasteiger partial charge in [0.05, 0.1) is 0 Å². The van der Waals surface area contributed by atoms with Crippen molar-refractivity contribution < 1.29 is 0 Å². The van der Waals surface area contributed by atoms with Crippen molar-refractivity contribution >= 4 is 23.3 Å². The molecule has 4 N–H and O–H groups in total. The molecular weight excluding hydrogens is 270 g/mol. The minimum atomic E-state index is 0.366. The van der Waals surface area contributed by atoms with E-state index in [0.29, 0.717) is 17.6 Å². The first kappa shape index (κ1) is 16.4. The molecule has 0 aliphatic rings. The summed E-state index contributed by atoms with van der Waals surface area (Å²) in [7, 11) is 0. The van der Waals surface area contributed by atoms with Gasteiger partial charge in [0, 0.05) is 25.0 Å². The molecule has 1 rings (SSSR count). The predicted octanol–water partition coefficient (Wildman–Crippen LogP) is 1.51. The second kappa shape index (κ2) is 9.25. The van der Waals surface area contributed by atoms with E-state index < -0.39 is 0 Å². The normalized spacial score (nSPS) is 11.2. The molecule has 1 aromatic heterocycles. The summed E-state index contributed by atoms with van der Waals surface area (Å²) in [5.74, 6) is 0.366. The minimum Gasteiger partial charge on any atom is -0.370 e. The van der Waals surface area contributed by atoms with Crippen LogP contribution in [-0.2, 0) is 6.42 Å². The smallest absolute Gasteiger partial charge is 0.194 e. The summed E-state index contributed by atoms with van der Waals surface area (Å²) < 4.78 is 0. The Morgan fingerprint density at radius 3 is 3.00 bits per heavy atom. The largest absolute Gasteiger partial charge is 0.370 e. The zero-order chi connectivity index (χ0) is 14.8. The van der Waals surface area contributed by atoms with E-state index >= 15 is 0 Å². The molecule has 0 radical (unpaired) electrons. The summed E-state index contributed by atoms with van der Waals surface area (Å²) in [4.78, 5) is 8.48. The van der Waals surface area contributed by atoms with Crippen LogP contribution in [0.2, 0.25) is 0 Å². The Kier molecular flexibility index (Phi) is 7.57. The summed E-state index contributed by atoms with van der Waals surface area (Å²) in [5, 5.41) is 6.48. The van der Waals surface area contributed by atoms with E-state index in [2.05, 4.69) is 33.6 Å². The molecule has 0 bridgehead atoms. The van der Waals surface area contributed by atoms with Crippen LogP contribution in [0.3, 0.4) is 0 Å². The molecule has 0 fully saturated rings. The van der Waals surface area contributed by atoms with E-state index in [0.717, 1.165) is 31.5 Å². The molecule has 0 atom stereocenters. The SMILES string of the molecule is CCCN=C(N)NC(=S)NCCCc1ncccc1C. The van der Waals surface area contributed by atoms with Crippen molar-refractivity contribution in [1.29, 1.82) is 0 Å². The quantitative estimate of drug-likeness (QED) is 0.321. The van der Waals surface area contributed by atoms with Gasteiger partial charge in [0.25, 0.3) is 0 Å². The maximum Gasteiger partial charge on any atom is 0.194 e. The number of nitrogens with zero attached hydrogens (tertiary/aromatic N) is 2. The van der Waals surface area contributed by atoms with E-state index in [1.165, 1.54) is 5.56 Å². The van der Waals surface area contributed by atoms with Gasteiger partial charge in [-0.2, -0.15) is 0 Å². The van der Waals surface area contributed by atoms with Crippen LogP contribution in [0.4, 0.5) is 0 Å². The van der Waals surface area contributed by atoms with Crippen LogP contribution in [0.25, 0.3) is 0 Å². The van der Waals surface area contributed by atoms with Gasteiger partial charge in [-0.05, 0) is 50.0 Å². The van der Waals surface area contributed by atoms with Gasteiger partial charge in [-0.25, -0.2) is 0 Å². The fourth-order valence-electron chi connectivity index (χ4n) is 1.67. The first-order chi connectivity index (χ1) is 9.63. The van der Waals surface area contributed by atoms with Gasteiger partial charge >= 0.3 is 0 Å². The Morgan fingerprint density at radius 2 is 2.30 bits per heavy atom. The number of rotatable bonds is 6. The topological polar surface area (TPSA) is 75.3 Å². The zero-order valence-electron chi connectivity index (χ0n) is 12.1. The number of aromatic nitrogens is 1. The number of guanidine groups is 1. The molecule has 6 heteroatoms. The van der Waals surface area contributed by atoms with Crippen LogP contribution in [0, 0.1) is 6.92 Å². The van der Waals surface area contributed by atoms with Crippen molar-refractivity contribution in [1.82, 2.24) is 15.6 Å². The molecule has 0 unspecified atom stereocenters. The van der Waals surface area contributed by atoms with Crippen LogP contribution < -0.4 is 16.4 Å². The monoisotopic (exact) mass is 293 g/mol. The molecule has 0 aliphatic carbocycles. The third-order valence-electron chi connectivity index (χ3n) is 2.74. The molecule has 0 aliphatic heterocycles. The highest BCUT2D eigenvalue weighted by molar-refractivity contribution is 7.80. The highest BCUT2D eigenvalue weighted by Crippen LogP contribution is 2.05. The van der Waals surface area contributed by atoms with Gasteiger partial charge in [0.15, 0.2) is 11.1 Å². The Bertz CT molecular complexity index is 459. The Hall–Kier alpha value is -1.69. The first-order valence-electron chi connectivity index (χ1n) is 6.88. The number of pyridine rings is 1. The fraction of sp³-hybridized carbons (Fsp3) is 0.500. The van der Waals surface area contributed by atoms with Crippen LogP contribution in [0.15, 0.2) is 23.3 Å². The molecule has 0 aromatic carbocycles. The molecule has 0 amide bonds. The third-order valence-corrected chi connectivity index (χ3v) is 2.99. The maximum absolute atomic E-state index is 5.68. The van der Waals surface area contributed by atoms with E-state index in [9.17, 15) is 0 Å². The summed E-state index contributed by atoms with van der Waals surface area (Å²) >= 11 is 5.14. The lowest BCUT2D eigenvalue weighted by Gasteiger charge is -2.10. The number of aliphatic imine (C=N–C) groups is 1. The predicted molar refractivity (Wildman–Crippen MR) is 87.8 cm³/mol. The molecule has 0 spiro atoms. The van der Waals surface area contributed by atoms with Crippen molar-refractivity contribution in [2.75, 3.05) is 13.1 Å². The van der Waals surface area contributed by atoms with Gasteiger partial charge in [0.1, 0.15) is 0 Å². The van der Waals surface area contributed by atoms with Crippen molar-refractivity contribution in [2.45, 2.75) is 33.1 Å². The highest BCUT2D eigenvalue weighted by atomic mass is 32.1. The van der Waals surface area contributed by atoms with Gasteiger partial charge in [-0.3, -0.25) is 9.98 Å². The lowest BCUT2D eigenvalue weighted by Crippen LogP contribution is -2.43. The lowest BCUT2D eigenvalue weighted by molar-refractivity contribution is 0.753. The lowest BCUT2D eigenvalue weighted by atomic mass is 10.1. The van der Waals surface area contributed by atoms with Gasteiger partial charge in [-0.15, -0.1) is 0 Å². The van der Waals surface area contributed by atoms with E-state index in [4.69, 9.17) is 18.0 Å². The number of hydrogen-bond donors (Lipinski definition) is 3. The van der Waals surface area contributed by atoms with Crippen molar-refractivity contribution in [2.24, 2.45) is 10.7 Å². The molecule has 1 aromatic rings. The fourth-order valence-corrected chi connectivity index (χ4v) is 1.88. The Balaban J connectivity index is 2.21. The molecule has 110 valence electrons. The van der Waals surface area contributed by atoms with Crippen LogP contribution >= 0.6 is 12.2 Å². The van der Waals surface area contributed by atoms with E-state index in [-0.39, 0.29) is 0 Å². The van der Waals surface area contributed by atoms with E-state index in [1.54, 1.807) is 0 Å². The molecule has 0 saturated heterocycles. The summed E-state index contributed by atoms with van der Waals surface area (Å²) in [6.07, 6.45) is 4.69. The molecule has 0 saturated carbocycles. The second-order valence-electron chi connectivity index (χ2n) is 4.52. The molecule has 1 heterocycles. The molecular formula is C14H23N5S. The van der Waals surface area contributed by atoms with Gasteiger partial charge in [-0.1, -0.05) is 13.0 Å². The number of hydrogen-bond acceptors (Lipinski definition) is 3. The minimum absolute atomic E-state index is 0.366. The number of nitrogens with two attached hydrogens (primary N) is 1. The molecule has 5 nitrogen and oxygen atoms in total. The van der Waals surface area contributed by atoms with Crippen molar-refractivity contribution in [3.05, 3.63) is 29.6 Å². The van der Waals surface area contributed by atoms with Crippen molar-refractivity contribution in [3.8, 4) is 0 Å². The van der Waals surface area contributed by atoms with Crippen LogP contribution in [0.1, 0.15) is 31.0 Å². The van der Waals surface area contributed by atoms with Crippen molar-refractivity contribution in [3.63, 3.8) is 0 Å². The highest BCUT2D eigenvalue weighted by Gasteiger charge is 2.00. The third kappa shape index (κ3) is 6.47. The van der Waals surface area contributed by atoms with E-state index in [1.807, 2.05) is 19.2 Å². The number of nitrogens with one attached hydrogen (secondary N) is 2. The Morgan fingerprint density at radius 1 is 1.50 bits per heavy atom. The Labute approximate surface area is 126 Å². The summed E-state index contributed by atoms with van der Waals surface area (Å²) in [5.41, 5.74) is 8.04. The second-order valence-corrected chi connectivity index (χ2v) is 4.93. The van der Waals surface area contributed by atoms with Gasteiger partial charge < -0.3 is 16.4 Å². The van der Waals surface area contributed by atoms with Gasteiger partial charge in [0.2, 0.25) is 0 Å². The maximum atomic E-state index is 5.68. The number of thiocarbonyl (C=S) groups is 1. The van der Waals surface area contributed by atoms with Crippen LogP contribution in [-0.4, -0.2) is 29.1 Å². The summed E-state index contributed by atoms with van der Waals surface area (Å²) in [6, 6.07) is 4.03. The standard InChI is InChI=1S/C14H23N5S/c1-3-8-17-13(15)19-14(20)18-10-5-7-12-11(2)6-4-9-16-12/h4,6,9H,3,5,7-8,10H2,1-2H3,(H4,15,17,18,19,20). The zero-order valence-corrected chi connectivity index (χ0v) is 13.0. The average molecular weight is 293 g/mol. The van der Waals surface area contributed by atoms with Crippen LogP contribution in [0.5, 0.6) is 0 Å². The first-order valence-corrected chi connectivity index (χ1v) is 7.29. The summed E-state index contributed by atoms with van der Waals surface area (Å²) in [6.45, 7) is 5.61. The number of aryl methyl sites for hydroxylation is 2. The molecule has 20 heavy (non-hydrogen) atoms.